The average molecular weight is 620 g/mol. The molecule has 0 saturated carbocycles. The fourth-order valence-corrected chi connectivity index (χ4v) is 4.70. The van der Waals surface area contributed by atoms with Crippen LogP contribution in [0.1, 0.15) is 50.4 Å². The number of rotatable bonds is 12. The van der Waals surface area contributed by atoms with Gasteiger partial charge in [0.2, 0.25) is 11.8 Å². The van der Waals surface area contributed by atoms with E-state index in [-0.39, 0.29) is 18.5 Å². The molecule has 1 aliphatic heterocycles. The SMILES string of the molecule is [2H]c1c(CN)cccc1C(=O)N(C(=O)C(N)CC)[C@]1(COC(C)=O)C(=O)NCC(=O)N[C@@H](CC(=O)O)C(=O)C1CCN=C(N)N. The van der Waals surface area contributed by atoms with Crippen LogP contribution >= 0.6 is 0 Å². The molecule has 4 amide bonds. The molecule has 11 N–H and O–H groups in total. The van der Waals surface area contributed by atoms with Crippen LogP contribution in [-0.4, -0.2) is 94.6 Å². The van der Waals surface area contributed by atoms with Gasteiger partial charge in [0.15, 0.2) is 17.3 Å². The van der Waals surface area contributed by atoms with Gasteiger partial charge in [-0.2, -0.15) is 0 Å². The van der Waals surface area contributed by atoms with Crippen molar-refractivity contribution in [2.75, 3.05) is 19.7 Å². The summed E-state index contributed by atoms with van der Waals surface area (Å²) in [7, 11) is 0. The highest BCUT2D eigenvalue weighted by Crippen LogP contribution is 2.35. The van der Waals surface area contributed by atoms with E-state index < -0.39 is 115 Å². The number of ketones is 1. The van der Waals surface area contributed by atoms with Crippen molar-refractivity contribution in [3.05, 3.63) is 35.4 Å². The molecule has 4 atom stereocenters. The van der Waals surface area contributed by atoms with Gasteiger partial charge in [-0.05, 0) is 30.5 Å². The molecule has 0 spiro atoms. The Morgan fingerprint density at radius 2 is 1.93 bits per heavy atom. The first kappa shape index (κ1) is 33.6. The Kier molecular flexibility index (Phi) is 11.9. The summed E-state index contributed by atoms with van der Waals surface area (Å²) in [5.74, 6) is -10.7. The Morgan fingerprint density at radius 1 is 1.25 bits per heavy atom. The maximum absolute atomic E-state index is 14.4. The third kappa shape index (κ3) is 8.35. The van der Waals surface area contributed by atoms with Gasteiger partial charge in [0, 0.05) is 25.6 Å². The topological polar surface area (TPSA) is 293 Å². The third-order valence-electron chi connectivity index (χ3n) is 6.87. The van der Waals surface area contributed by atoms with E-state index in [4.69, 9.17) is 29.0 Å². The van der Waals surface area contributed by atoms with E-state index in [1.165, 1.54) is 25.1 Å². The van der Waals surface area contributed by atoms with Gasteiger partial charge in [0.05, 0.1) is 32.3 Å². The molecule has 0 aliphatic carbocycles. The number of aliphatic imine (C=N–C) groups is 1. The number of guanidine groups is 1. The number of hydrogen-bond acceptors (Lipinski definition) is 11. The number of ether oxygens (including phenoxy) is 1. The first-order valence-corrected chi connectivity index (χ1v) is 13.6. The van der Waals surface area contributed by atoms with Crippen molar-refractivity contribution in [2.45, 2.75) is 57.3 Å². The van der Waals surface area contributed by atoms with Gasteiger partial charge in [0.25, 0.3) is 11.8 Å². The maximum Gasteiger partial charge on any atom is 0.305 e. The summed E-state index contributed by atoms with van der Waals surface area (Å²) in [5, 5.41) is 14.1. The predicted molar refractivity (Wildman–Crippen MR) is 154 cm³/mol. The van der Waals surface area contributed by atoms with Gasteiger partial charge in [-0.3, -0.25) is 43.5 Å². The molecule has 1 aromatic carbocycles. The van der Waals surface area contributed by atoms with E-state index in [1.54, 1.807) is 0 Å². The summed E-state index contributed by atoms with van der Waals surface area (Å²) in [5.41, 5.74) is 19.7. The summed E-state index contributed by atoms with van der Waals surface area (Å²) < 4.78 is 13.8. The second-order valence-electron chi connectivity index (χ2n) is 9.94. The molecule has 1 aliphatic rings. The van der Waals surface area contributed by atoms with Crippen molar-refractivity contribution >= 4 is 47.3 Å². The molecule has 240 valence electrons. The predicted octanol–water partition coefficient (Wildman–Crippen LogP) is -2.91. The van der Waals surface area contributed by atoms with E-state index in [0.29, 0.717) is 4.90 Å². The van der Waals surface area contributed by atoms with Crippen LogP contribution in [0.5, 0.6) is 0 Å². The quantitative estimate of drug-likeness (QED) is 0.0702. The first-order chi connectivity index (χ1) is 21.1. The number of Topliss-reactive ketones (excluding diaryl/α,β-unsaturated/α-hetero) is 1. The van der Waals surface area contributed by atoms with Crippen LogP contribution in [0.3, 0.4) is 0 Å². The van der Waals surface area contributed by atoms with Crippen LogP contribution in [-0.2, 0) is 40.0 Å². The van der Waals surface area contributed by atoms with Crippen molar-refractivity contribution in [3.63, 3.8) is 0 Å². The Labute approximate surface area is 254 Å². The fourth-order valence-electron chi connectivity index (χ4n) is 4.70. The number of esters is 1. The minimum absolute atomic E-state index is 0.0707. The molecule has 2 unspecified atom stereocenters. The largest absolute Gasteiger partial charge is 0.481 e. The first-order valence-electron chi connectivity index (χ1n) is 14.1. The molecule has 1 aromatic rings. The monoisotopic (exact) mass is 619 g/mol. The lowest BCUT2D eigenvalue weighted by atomic mass is 9.74. The summed E-state index contributed by atoms with van der Waals surface area (Å²) in [6.07, 6.45) is -1.54. The molecule has 1 saturated heterocycles. The Hall–Kier alpha value is -4.90. The molecule has 0 radical (unpaired) electrons. The van der Waals surface area contributed by atoms with Crippen LogP contribution < -0.4 is 33.6 Å². The van der Waals surface area contributed by atoms with Crippen LogP contribution in [0, 0.1) is 5.92 Å². The Morgan fingerprint density at radius 3 is 2.50 bits per heavy atom. The van der Waals surface area contributed by atoms with Gasteiger partial charge in [-0.1, -0.05) is 19.1 Å². The summed E-state index contributed by atoms with van der Waals surface area (Å²) in [6.45, 7) is -0.0558. The third-order valence-corrected chi connectivity index (χ3v) is 6.87. The Balaban J connectivity index is 3.10. The van der Waals surface area contributed by atoms with Gasteiger partial charge in [-0.25, -0.2) is 0 Å². The van der Waals surface area contributed by atoms with Crippen molar-refractivity contribution in [1.29, 1.82) is 0 Å². The van der Waals surface area contributed by atoms with E-state index in [0.717, 1.165) is 6.92 Å². The number of nitrogens with zero attached hydrogens (tertiary/aromatic N) is 2. The zero-order valence-corrected chi connectivity index (χ0v) is 24.3. The second-order valence-corrected chi connectivity index (χ2v) is 9.94. The lowest BCUT2D eigenvalue weighted by Crippen LogP contribution is -2.72. The van der Waals surface area contributed by atoms with Crippen molar-refractivity contribution < 1.29 is 44.8 Å². The molecule has 44 heavy (non-hydrogen) atoms. The fraction of sp³-hybridized carbons (Fsp3) is 0.481. The van der Waals surface area contributed by atoms with Crippen molar-refractivity contribution in [3.8, 4) is 0 Å². The van der Waals surface area contributed by atoms with Crippen molar-refractivity contribution in [1.82, 2.24) is 15.5 Å². The number of amides is 4. The van der Waals surface area contributed by atoms with Crippen LogP contribution in [0.4, 0.5) is 0 Å². The van der Waals surface area contributed by atoms with Crippen LogP contribution in [0.15, 0.2) is 29.2 Å². The summed E-state index contributed by atoms with van der Waals surface area (Å²) in [4.78, 5) is 97.9. The number of benzene rings is 1. The molecule has 17 heteroatoms. The van der Waals surface area contributed by atoms with E-state index in [1.807, 2.05) is 0 Å². The number of carboxylic acid groups (broad SMARTS) is 1. The molecule has 17 nitrogen and oxygen atoms in total. The minimum Gasteiger partial charge on any atom is -0.481 e. The number of nitrogens with one attached hydrogen (secondary N) is 2. The average Bonchev–Trinajstić information content (AvgIpc) is 3.01. The Bertz CT molecular complexity index is 1380. The summed E-state index contributed by atoms with van der Waals surface area (Å²) in [6, 6.07) is 0.386. The lowest BCUT2D eigenvalue weighted by Gasteiger charge is -2.45. The van der Waals surface area contributed by atoms with E-state index >= 15 is 0 Å². The molecular weight excluding hydrogens is 580 g/mol. The van der Waals surface area contributed by atoms with Gasteiger partial charge in [0.1, 0.15) is 6.61 Å². The smallest absolute Gasteiger partial charge is 0.305 e. The lowest BCUT2D eigenvalue weighted by molar-refractivity contribution is -0.163. The van der Waals surface area contributed by atoms with Crippen LogP contribution in [0.25, 0.3) is 0 Å². The number of aliphatic carboxylic acids is 1. The number of nitrogens with two attached hydrogens (primary N) is 4. The molecule has 0 bridgehead atoms. The number of carboxylic acids is 1. The molecular formula is C27H38N8O9. The molecule has 2 rings (SSSR count). The van der Waals surface area contributed by atoms with Gasteiger partial charge < -0.3 is 43.4 Å². The number of imide groups is 1. The minimum atomic E-state index is -2.79. The van der Waals surface area contributed by atoms with E-state index in [2.05, 4.69) is 15.6 Å². The highest BCUT2D eigenvalue weighted by molar-refractivity contribution is 6.13. The maximum atomic E-state index is 14.4. The zero-order chi connectivity index (χ0) is 34.1. The van der Waals surface area contributed by atoms with Crippen LogP contribution in [0.2, 0.25) is 0 Å². The van der Waals surface area contributed by atoms with Crippen molar-refractivity contribution in [2.24, 2.45) is 33.8 Å². The zero-order valence-electron chi connectivity index (χ0n) is 25.3. The summed E-state index contributed by atoms with van der Waals surface area (Å²) >= 11 is 0. The number of hydrogen-bond donors (Lipinski definition) is 7. The van der Waals surface area contributed by atoms with Gasteiger partial charge >= 0.3 is 11.9 Å². The number of carbonyl (C=O) groups is 7. The van der Waals surface area contributed by atoms with E-state index in [9.17, 15) is 38.7 Å². The van der Waals surface area contributed by atoms with Gasteiger partial charge in [-0.15, -0.1) is 0 Å². The molecule has 1 fully saturated rings. The molecule has 1 heterocycles. The standard InChI is InChI=1S/C27H38N8O9/c1-3-18(29)24(42)35(23(41)16-6-4-5-15(9-16)11-28)27(13-44-14(2)36)17(7-8-32-26(30)31)22(40)19(10-21(38)39)34-20(37)12-33-25(27)43/h4-6,9,17-19H,3,7-8,10-13,28-29H2,1-2H3,(H,33,43)(H,34,37)(H,38,39)(H4,30,31,32)/t17?,18?,19-,27-/m0/s1/i9D. The second kappa shape index (κ2) is 15.5. The normalized spacial score (nSPS) is 21.3. The number of carbonyl (C=O) groups excluding carboxylic acids is 6. The highest BCUT2D eigenvalue weighted by atomic mass is 16.5. The molecule has 0 aromatic heterocycles. The highest BCUT2D eigenvalue weighted by Gasteiger charge is 2.60.